The van der Waals surface area contributed by atoms with E-state index in [0.717, 1.165) is 22.0 Å². The van der Waals surface area contributed by atoms with Crippen molar-refractivity contribution in [3.63, 3.8) is 0 Å². The van der Waals surface area contributed by atoms with Gasteiger partial charge in [-0.3, -0.25) is 19.2 Å². The van der Waals surface area contributed by atoms with Crippen LogP contribution in [0.25, 0.3) is 0 Å². The van der Waals surface area contributed by atoms with Crippen molar-refractivity contribution >= 4 is 46.7 Å². The van der Waals surface area contributed by atoms with Crippen molar-refractivity contribution in [1.29, 1.82) is 0 Å². The summed E-state index contributed by atoms with van der Waals surface area (Å²) >= 11 is 12.1. The van der Waals surface area contributed by atoms with Gasteiger partial charge < -0.3 is 0 Å². The summed E-state index contributed by atoms with van der Waals surface area (Å²) in [6.45, 7) is 3.43. The van der Waals surface area contributed by atoms with Gasteiger partial charge in [-0.05, 0) is 50.3 Å². The van der Waals surface area contributed by atoms with Gasteiger partial charge >= 0.3 is 0 Å². The number of Topliss-reactive ketones (excluding diaryl/α,β-unsaturated/α-hetero) is 1. The molecule has 6 nitrogen and oxygen atoms in total. The molecule has 5 atom stereocenters. The van der Waals surface area contributed by atoms with E-state index in [1.54, 1.807) is 24.3 Å². The second-order valence-electron chi connectivity index (χ2n) is 9.17. The van der Waals surface area contributed by atoms with Crippen molar-refractivity contribution in [2.45, 2.75) is 26.3 Å². The number of carbonyl (C=O) groups excluding carboxylic acids is 4. The lowest BCUT2D eigenvalue weighted by Gasteiger charge is -2.35. The minimum Gasteiger partial charge on any atom is -0.292 e. The molecule has 3 aliphatic rings. The van der Waals surface area contributed by atoms with Crippen LogP contribution in [0.5, 0.6) is 0 Å². The Bertz CT molecular complexity index is 1230. The molecule has 1 heterocycles. The van der Waals surface area contributed by atoms with Crippen LogP contribution in [0.2, 0.25) is 10.0 Å². The third kappa shape index (κ3) is 3.48. The summed E-state index contributed by atoms with van der Waals surface area (Å²) in [5.41, 5.74) is 1.48. The average molecular weight is 497 g/mol. The molecule has 8 heteroatoms. The predicted molar refractivity (Wildman–Crippen MR) is 127 cm³/mol. The van der Waals surface area contributed by atoms with Gasteiger partial charge in [-0.1, -0.05) is 65.2 Å². The number of hydrogen-bond donors (Lipinski definition) is 0. The zero-order valence-corrected chi connectivity index (χ0v) is 20.1. The summed E-state index contributed by atoms with van der Waals surface area (Å²) in [6, 6.07) is 10.1. The lowest BCUT2D eigenvalue weighted by molar-refractivity contribution is -0.157. The molecule has 1 saturated heterocycles. The van der Waals surface area contributed by atoms with Crippen LogP contribution >= 0.6 is 23.2 Å². The average Bonchev–Trinajstić information content (AvgIpc) is 3.51. The van der Waals surface area contributed by atoms with Crippen molar-refractivity contribution < 1.29 is 19.2 Å². The fourth-order valence-electron chi connectivity index (χ4n) is 5.37. The van der Waals surface area contributed by atoms with Gasteiger partial charge in [0.15, 0.2) is 5.78 Å². The number of ketones is 1. The molecule has 2 bridgehead atoms. The van der Waals surface area contributed by atoms with Crippen LogP contribution in [0.3, 0.4) is 0 Å². The Balaban J connectivity index is 1.56. The Morgan fingerprint density at radius 3 is 2.03 bits per heavy atom. The molecule has 3 amide bonds. The molecule has 2 aromatic carbocycles. The van der Waals surface area contributed by atoms with Crippen molar-refractivity contribution in [3.05, 3.63) is 81.4 Å². The molecule has 2 aromatic rings. The van der Waals surface area contributed by atoms with Crippen LogP contribution in [0.4, 0.5) is 0 Å². The van der Waals surface area contributed by atoms with Crippen molar-refractivity contribution in [1.82, 2.24) is 10.0 Å². The number of rotatable bonds is 5. The lowest BCUT2D eigenvalue weighted by Crippen LogP contribution is -2.56. The van der Waals surface area contributed by atoms with E-state index >= 15 is 0 Å². The van der Waals surface area contributed by atoms with Gasteiger partial charge in [-0.2, -0.15) is 5.01 Å². The second-order valence-corrected chi connectivity index (χ2v) is 9.99. The smallest absolute Gasteiger partial charge is 0.273 e. The molecule has 0 unspecified atom stereocenters. The molecule has 1 saturated carbocycles. The van der Waals surface area contributed by atoms with E-state index in [4.69, 9.17) is 23.2 Å². The first-order valence-corrected chi connectivity index (χ1v) is 11.9. The maximum Gasteiger partial charge on any atom is 0.273 e. The minimum absolute atomic E-state index is 0.0264. The number of hydrogen-bond acceptors (Lipinski definition) is 4. The molecule has 0 aromatic heterocycles. The first-order valence-electron chi connectivity index (χ1n) is 11.1. The summed E-state index contributed by atoms with van der Waals surface area (Å²) in [6.07, 6.45) is 4.72. The highest BCUT2D eigenvalue weighted by atomic mass is 35.5. The second kappa shape index (κ2) is 8.36. The standard InChI is InChI=1S/C26H22Cl2N2O4/c1-13-3-5-15(6-4-13)23(31)14(2)29(24(32)18-9-10-19(27)20(28)12-18)30-25(33)21-16-7-8-17(11-16)22(21)26(30)34/h3-10,12,14,16-17,21-22H,11H2,1-2H3/t14-,16+,17+,21-,22+/m1/s1. The number of fused-ring (bicyclic) bond motifs is 5. The van der Waals surface area contributed by atoms with Crippen molar-refractivity contribution in [2.24, 2.45) is 23.7 Å². The Morgan fingerprint density at radius 2 is 1.47 bits per heavy atom. The van der Waals surface area contributed by atoms with Crippen molar-refractivity contribution in [2.75, 3.05) is 0 Å². The van der Waals surface area contributed by atoms with E-state index in [1.807, 2.05) is 19.1 Å². The largest absolute Gasteiger partial charge is 0.292 e. The zero-order chi connectivity index (χ0) is 24.3. The molecule has 174 valence electrons. The molecule has 34 heavy (non-hydrogen) atoms. The van der Waals surface area contributed by atoms with Crippen LogP contribution in [-0.2, 0) is 9.59 Å². The number of amides is 3. The van der Waals surface area contributed by atoms with Gasteiger partial charge in [0.1, 0.15) is 6.04 Å². The fourth-order valence-corrected chi connectivity index (χ4v) is 5.67. The van der Waals surface area contributed by atoms with E-state index in [1.165, 1.54) is 25.1 Å². The molecule has 0 radical (unpaired) electrons. The van der Waals surface area contributed by atoms with E-state index in [-0.39, 0.29) is 33.2 Å². The highest BCUT2D eigenvalue weighted by Crippen LogP contribution is 2.53. The van der Waals surface area contributed by atoms with E-state index in [0.29, 0.717) is 5.56 Å². The van der Waals surface area contributed by atoms with Crippen LogP contribution < -0.4 is 0 Å². The predicted octanol–water partition coefficient (Wildman–Crippen LogP) is 4.74. The molecular formula is C26H22Cl2N2O4. The fraction of sp³-hybridized carbons (Fsp3) is 0.308. The Kier molecular flexibility index (Phi) is 5.61. The quantitative estimate of drug-likeness (QED) is 0.340. The summed E-state index contributed by atoms with van der Waals surface area (Å²) < 4.78 is 0. The number of nitrogens with zero attached hydrogens (tertiary/aromatic N) is 2. The molecular weight excluding hydrogens is 475 g/mol. The van der Waals surface area contributed by atoms with Crippen LogP contribution in [0, 0.1) is 30.6 Å². The number of hydrazine groups is 1. The lowest BCUT2D eigenvalue weighted by atomic mass is 9.85. The Morgan fingerprint density at radius 1 is 0.912 bits per heavy atom. The van der Waals surface area contributed by atoms with Gasteiger partial charge in [0.2, 0.25) is 0 Å². The minimum atomic E-state index is -1.11. The summed E-state index contributed by atoms with van der Waals surface area (Å²) in [5.74, 6) is -3.00. The molecule has 5 rings (SSSR count). The van der Waals surface area contributed by atoms with Gasteiger partial charge in [0.25, 0.3) is 17.7 Å². The topological polar surface area (TPSA) is 74.8 Å². The van der Waals surface area contributed by atoms with E-state index < -0.39 is 35.6 Å². The number of aryl methyl sites for hydroxylation is 1. The first kappa shape index (κ1) is 22.8. The summed E-state index contributed by atoms with van der Waals surface area (Å²) in [5, 5.41) is 2.33. The highest BCUT2D eigenvalue weighted by Gasteiger charge is 2.61. The third-order valence-corrected chi connectivity index (χ3v) is 7.86. The summed E-state index contributed by atoms with van der Waals surface area (Å²) in [4.78, 5) is 54.2. The number of imide groups is 1. The maximum atomic E-state index is 13.7. The van der Waals surface area contributed by atoms with Crippen molar-refractivity contribution in [3.8, 4) is 0 Å². The first-order chi connectivity index (χ1) is 16.2. The summed E-state index contributed by atoms with van der Waals surface area (Å²) in [7, 11) is 0. The van der Waals surface area contributed by atoms with Crippen LogP contribution in [0.15, 0.2) is 54.6 Å². The number of allylic oxidation sites excluding steroid dienone is 2. The van der Waals surface area contributed by atoms with Gasteiger partial charge in [-0.15, -0.1) is 0 Å². The van der Waals surface area contributed by atoms with Gasteiger partial charge in [0.05, 0.1) is 21.9 Å². The number of carbonyl (C=O) groups is 4. The van der Waals surface area contributed by atoms with Crippen LogP contribution in [-0.4, -0.2) is 39.6 Å². The number of halogens is 2. The zero-order valence-electron chi connectivity index (χ0n) is 18.6. The van der Waals surface area contributed by atoms with E-state index in [2.05, 4.69) is 0 Å². The van der Waals surface area contributed by atoms with Gasteiger partial charge in [-0.25, -0.2) is 5.01 Å². The number of benzene rings is 2. The SMILES string of the molecule is Cc1ccc(C(=O)[C@@H](C)N(C(=O)c2ccc(Cl)c(Cl)c2)N2C(=O)[C@@H]3[C@H](C2=O)[C@H]2C=C[C@H]3C2)cc1. The molecule has 0 N–H and O–H groups in total. The molecule has 2 aliphatic carbocycles. The van der Waals surface area contributed by atoms with Crippen LogP contribution in [0.1, 0.15) is 39.6 Å². The highest BCUT2D eigenvalue weighted by molar-refractivity contribution is 6.42. The molecule has 2 fully saturated rings. The Hall–Kier alpha value is -2.96. The third-order valence-electron chi connectivity index (χ3n) is 7.12. The normalized spacial score (nSPS) is 25.6. The monoisotopic (exact) mass is 496 g/mol. The maximum absolute atomic E-state index is 13.7. The Labute approximate surface area is 207 Å². The van der Waals surface area contributed by atoms with E-state index in [9.17, 15) is 19.2 Å². The molecule has 0 spiro atoms. The molecule has 1 aliphatic heterocycles. The van der Waals surface area contributed by atoms with Gasteiger partial charge in [0, 0.05) is 11.1 Å².